The summed E-state index contributed by atoms with van der Waals surface area (Å²) in [5.41, 5.74) is 0.328. The maximum atomic E-state index is 13.0. The van der Waals surface area contributed by atoms with E-state index >= 15 is 0 Å². The van der Waals surface area contributed by atoms with E-state index < -0.39 is 11.6 Å². The lowest BCUT2D eigenvalue weighted by Crippen LogP contribution is -2.53. The predicted molar refractivity (Wildman–Crippen MR) is 116 cm³/mol. The van der Waals surface area contributed by atoms with Gasteiger partial charge in [-0.1, -0.05) is 53.5 Å². The van der Waals surface area contributed by atoms with Crippen molar-refractivity contribution < 1.29 is 14.3 Å². The molecule has 1 atom stereocenters. The Labute approximate surface area is 181 Å². The Balaban J connectivity index is 2.20. The fourth-order valence-electron chi connectivity index (χ4n) is 2.65. The Morgan fingerprint density at radius 2 is 1.62 bits per heavy atom. The van der Waals surface area contributed by atoms with Crippen LogP contribution in [0.2, 0.25) is 10.0 Å². The second-order valence-corrected chi connectivity index (χ2v) is 8.56. The quantitative estimate of drug-likeness (QED) is 0.683. The van der Waals surface area contributed by atoms with Crippen LogP contribution in [0.4, 0.5) is 0 Å². The van der Waals surface area contributed by atoms with Crippen LogP contribution in [0.25, 0.3) is 0 Å². The highest BCUT2D eigenvalue weighted by atomic mass is 35.5. The van der Waals surface area contributed by atoms with Crippen molar-refractivity contribution in [3.63, 3.8) is 0 Å². The topological polar surface area (TPSA) is 58.6 Å². The summed E-state index contributed by atoms with van der Waals surface area (Å²) in [4.78, 5) is 27.2. The van der Waals surface area contributed by atoms with Crippen molar-refractivity contribution in [2.75, 3.05) is 6.61 Å². The van der Waals surface area contributed by atoms with Crippen molar-refractivity contribution in [2.24, 2.45) is 0 Å². The zero-order valence-corrected chi connectivity index (χ0v) is 18.6. The zero-order chi connectivity index (χ0) is 21.6. The number of hydrogen-bond donors (Lipinski definition) is 1. The van der Waals surface area contributed by atoms with E-state index in [0.717, 1.165) is 5.56 Å². The van der Waals surface area contributed by atoms with Gasteiger partial charge < -0.3 is 15.0 Å². The van der Waals surface area contributed by atoms with Gasteiger partial charge in [0.15, 0.2) is 6.61 Å². The average molecular weight is 437 g/mol. The fraction of sp³-hybridized carbons (Fsp3) is 0.364. The summed E-state index contributed by atoms with van der Waals surface area (Å²) < 4.78 is 5.59. The minimum Gasteiger partial charge on any atom is -0.482 e. The third kappa shape index (κ3) is 6.94. The van der Waals surface area contributed by atoms with E-state index in [1.807, 2.05) is 39.0 Å². The molecule has 2 aromatic rings. The van der Waals surface area contributed by atoms with Crippen LogP contribution in [0, 0.1) is 0 Å². The summed E-state index contributed by atoms with van der Waals surface area (Å²) in [7, 11) is 0. The standard InChI is InChI=1S/C22H26Cl2N2O3/c1-15(21(28)25-22(2,3)4)26(13-16-9-5-6-10-17(16)23)20(27)14-29-19-12-8-7-11-18(19)24/h5-12,15H,13-14H2,1-4H3,(H,25,28)/t15-/m1/s1. The molecule has 0 aliphatic carbocycles. The molecular formula is C22H26Cl2N2O3. The second-order valence-electron chi connectivity index (χ2n) is 7.75. The van der Waals surface area contributed by atoms with Crippen molar-refractivity contribution in [3.8, 4) is 5.75 Å². The summed E-state index contributed by atoms with van der Waals surface area (Å²) in [5.74, 6) is -0.191. The Kier molecular flexibility index (Phi) is 7.94. The largest absolute Gasteiger partial charge is 0.482 e. The minimum absolute atomic E-state index is 0.184. The SMILES string of the molecule is C[C@H](C(=O)NC(C)(C)C)N(Cc1ccccc1Cl)C(=O)COc1ccccc1Cl. The number of ether oxygens (including phenoxy) is 1. The molecule has 0 aliphatic heterocycles. The first kappa shape index (κ1) is 23.0. The highest BCUT2D eigenvalue weighted by Crippen LogP contribution is 2.24. The number of nitrogens with one attached hydrogen (secondary N) is 1. The molecule has 0 saturated heterocycles. The smallest absolute Gasteiger partial charge is 0.261 e. The van der Waals surface area contributed by atoms with Crippen LogP contribution < -0.4 is 10.1 Å². The van der Waals surface area contributed by atoms with E-state index in [1.165, 1.54) is 4.90 Å². The molecule has 0 fully saturated rings. The minimum atomic E-state index is -0.715. The molecule has 5 nitrogen and oxygen atoms in total. The summed E-state index contributed by atoms with van der Waals surface area (Å²) in [6.07, 6.45) is 0. The lowest BCUT2D eigenvalue weighted by atomic mass is 10.1. The number of rotatable bonds is 7. The monoisotopic (exact) mass is 436 g/mol. The van der Waals surface area contributed by atoms with Crippen molar-refractivity contribution in [3.05, 3.63) is 64.1 Å². The number of hydrogen-bond acceptors (Lipinski definition) is 3. The number of amides is 2. The first-order valence-corrected chi connectivity index (χ1v) is 10.1. The van der Waals surface area contributed by atoms with Gasteiger partial charge in [-0.25, -0.2) is 0 Å². The molecule has 29 heavy (non-hydrogen) atoms. The summed E-state index contributed by atoms with van der Waals surface area (Å²) in [6.45, 7) is 7.28. The predicted octanol–water partition coefficient (Wildman–Crippen LogP) is 4.70. The molecule has 0 aromatic heterocycles. The van der Waals surface area contributed by atoms with Crippen LogP contribution in [0.1, 0.15) is 33.3 Å². The van der Waals surface area contributed by atoms with E-state index in [9.17, 15) is 9.59 Å². The van der Waals surface area contributed by atoms with Crippen LogP contribution in [0.15, 0.2) is 48.5 Å². The number of carbonyl (C=O) groups excluding carboxylic acids is 2. The molecule has 7 heteroatoms. The number of para-hydroxylation sites is 1. The lowest BCUT2D eigenvalue weighted by Gasteiger charge is -2.31. The maximum absolute atomic E-state index is 13.0. The molecule has 2 aromatic carbocycles. The molecule has 0 radical (unpaired) electrons. The molecule has 1 N–H and O–H groups in total. The number of halogens is 2. The molecule has 0 bridgehead atoms. The van der Waals surface area contributed by atoms with Crippen molar-refractivity contribution >= 4 is 35.0 Å². The highest BCUT2D eigenvalue weighted by Gasteiger charge is 2.29. The molecule has 2 amide bonds. The van der Waals surface area contributed by atoms with Crippen molar-refractivity contribution in [1.29, 1.82) is 0 Å². The number of carbonyl (C=O) groups is 2. The van der Waals surface area contributed by atoms with Crippen LogP contribution in [-0.4, -0.2) is 34.9 Å². The van der Waals surface area contributed by atoms with E-state index in [0.29, 0.717) is 15.8 Å². The van der Waals surface area contributed by atoms with Gasteiger partial charge in [-0.3, -0.25) is 9.59 Å². The molecule has 2 rings (SSSR count). The highest BCUT2D eigenvalue weighted by molar-refractivity contribution is 6.32. The Hall–Kier alpha value is -2.24. The summed E-state index contributed by atoms with van der Waals surface area (Å²) in [5, 5.41) is 3.85. The Morgan fingerprint density at radius 1 is 1.03 bits per heavy atom. The normalized spacial score (nSPS) is 12.2. The first-order chi connectivity index (χ1) is 13.6. The van der Waals surface area contributed by atoms with Gasteiger partial charge >= 0.3 is 0 Å². The van der Waals surface area contributed by atoms with Gasteiger partial charge in [0.2, 0.25) is 5.91 Å². The molecule has 156 valence electrons. The molecular weight excluding hydrogens is 411 g/mol. The number of benzene rings is 2. The van der Waals surface area contributed by atoms with Crippen molar-refractivity contribution in [2.45, 2.75) is 45.8 Å². The zero-order valence-electron chi connectivity index (χ0n) is 17.0. The van der Waals surface area contributed by atoms with Crippen LogP contribution >= 0.6 is 23.2 Å². The second kappa shape index (κ2) is 9.99. The third-order valence-electron chi connectivity index (χ3n) is 4.15. The van der Waals surface area contributed by atoms with Gasteiger partial charge in [-0.15, -0.1) is 0 Å². The molecule has 0 heterocycles. The summed E-state index contributed by atoms with van der Waals surface area (Å²) in [6, 6.07) is 13.4. The molecule has 0 unspecified atom stereocenters. The molecule has 0 saturated carbocycles. The molecule has 0 spiro atoms. The van der Waals surface area contributed by atoms with Crippen LogP contribution in [-0.2, 0) is 16.1 Å². The number of nitrogens with zero attached hydrogens (tertiary/aromatic N) is 1. The van der Waals surface area contributed by atoms with Gasteiger partial charge in [0.1, 0.15) is 11.8 Å². The van der Waals surface area contributed by atoms with Crippen LogP contribution in [0.5, 0.6) is 5.75 Å². The third-order valence-corrected chi connectivity index (χ3v) is 4.83. The Morgan fingerprint density at radius 3 is 2.21 bits per heavy atom. The van der Waals surface area contributed by atoms with Crippen molar-refractivity contribution in [1.82, 2.24) is 10.2 Å². The Bertz CT molecular complexity index is 865. The lowest BCUT2D eigenvalue weighted by molar-refractivity contribution is -0.142. The van der Waals surface area contributed by atoms with E-state index in [4.69, 9.17) is 27.9 Å². The van der Waals surface area contributed by atoms with Gasteiger partial charge in [0.25, 0.3) is 5.91 Å². The molecule has 0 aliphatic rings. The average Bonchev–Trinajstić information content (AvgIpc) is 2.64. The van der Waals surface area contributed by atoms with E-state index in [-0.39, 0.29) is 25.0 Å². The maximum Gasteiger partial charge on any atom is 0.261 e. The van der Waals surface area contributed by atoms with Gasteiger partial charge in [0, 0.05) is 17.1 Å². The summed E-state index contributed by atoms with van der Waals surface area (Å²) >= 11 is 12.4. The van der Waals surface area contributed by atoms with Crippen LogP contribution in [0.3, 0.4) is 0 Å². The fourth-order valence-corrected chi connectivity index (χ4v) is 3.04. The van der Waals surface area contributed by atoms with Gasteiger partial charge in [-0.2, -0.15) is 0 Å². The van der Waals surface area contributed by atoms with Gasteiger partial charge in [-0.05, 0) is 51.5 Å². The van der Waals surface area contributed by atoms with Gasteiger partial charge in [0.05, 0.1) is 5.02 Å². The van der Waals surface area contributed by atoms with E-state index in [2.05, 4.69) is 5.32 Å². The van der Waals surface area contributed by atoms with E-state index in [1.54, 1.807) is 37.3 Å². The first-order valence-electron chi connectivity index (χ1n) is 9.30.